The van der Waals surface area contributed by atoms with Crippen LogP contribution in [0.4, 0.5) is 0 Å². The van der Waals surface area contributed by atoms with Crippen LogP contribution in [0, 0.1) is 0 Å². The average Bonchev–Trinajstić information content (AvgIpc) is 3.34. The van der Waals surface area contributed by atoms with Crippen LogP contribution in [-0.4, -0.2) is 37.2 Å². The Kier molecular flexibility index (Phi) is 55.7. The molecule has 0 aliphatic carbocycles. The van der Waals surface area contributed by atoms with Gasteiger partial charge in [0.2, 0.25) is 0 Å². The Hall–Kier alpha value is -2.11. The molecule has 0 heterocycles. The van der Waals surface area contributed by atoms with E-state index in [0.29, 0.717) is 19.3 Å². The van der Waals surface area contributed by atoms with Gasteiger partial charge in [0.25, 0.3) is 0 Å². The minimum absolute atomic E-state index is 0.0713. The van der Waals surface area contributed by atoms with Crippen LogP contribution < -0.4 is 0 Å². The highest BCUT2D eigenvalue weighted by molar-refractivity contribution is 5.71. The van der Waals surface area contributed by atoms with E-state index in [0.717, 1.165) is 77.0 Å². The lowest BCUT2D eigenvalue weighted by molar-refractivity contribution is -0.167. The van der Waals surface area contributed by atoms with Crippen LogP contribution in [0.2, 0.25) is 0 Å². The zero-order chi connectivity index (χ0) is 49.3. The van der Waals surface area contributed by atoms with E-state index in [1.165, 1.54) is 218 Å². The molecule has 0 aromatic rings. The largest absolute Gasteiger partial charge is 0.462 e. The maximum atomic E-state index is 12.9. The quantitative estimate of drug-likeness (QED) is 0.0262. The summed E-state index contributed by atoms with van der Waals surface area (Å²) in [5, 5.41) is 0. The molecule has 0 saturated heterocycles. The minimum atomic E-state index is -0.774. The van der Waals surface area contributed by atoms with Gasteiger partial charge < -0.3 is 14.2 Å². The van der Waals surface area contributed by atoms with Gasteiger partial charge in [0.1, 0.15) is 13.2 Å². The summed E-state index contributed by atoms with van der Waals surface area (Å²) in [4.78, 5) is 38.2. The van der Waals surface area contributed by atoms with E-state index >= 15 is 0 Å². The van der Waals surface area contributed by atoms with Crippen molar-refractivity contribution < 1.29 is 28.6 Å². The van der Waals surface area contributed by atoms with Crippen molar-refractivity contribution in [1.82, 2.24) is 0 Å². The first-order valence-corrected chi connectivity index (χ1v) is 30.3. The van der Waals surface area contributed by atoms with E-state index in [1.54, 1.807) is 0 Å². The van der Waals surface area contributed by atoms with Crippen LogP contribution in [0.3, 0.4) is 0 Å². The number of carbonyl (C=O) groups excluding carboxylic acids is 3. The highest BCUT2D eigenvalue weighted by atomic mass is 16.6. The van der Waals surface area contributed by atoms with Gasteiger partial charge in [0, 0.05) is 19.3 Å². The number of esters is 3. The van der Waals surface area contributed by atoms with Crippen molar-refractivity contribution in [3.05, 3.63) is 24.3 Å². The molecule has 0 aromatic heterocycles. The van der Waals surface area contributed by atoms with Gasteiger partial charge in [-0.3, -0.25) is 14.4 Å². The molecule has 6 heteroatoms. The number of unbranched alkanes of at least 4 members (excludes halogenated alkanes) is 41. The molecule has 0 fully saturated rings. The average molecular weight is 958 g/mol. The van der Waals surface area contributed by atoms with Crippen LogP contribution in [-0.2, 0) is 28.6 Å². The Morgan fingerprint density at radius 2 is 0.529 bits per heavy atom. The summed E-state index contributed by atoms with van der Waals surface area (Å²) in [6.07, 6.45) is 67.4. The number of hydrogen-bond acceptors (Lipinski definition) is 6. The zero-order valence-corrected chi connectivity index (χ0v) is 45.9. The van der Waals surface area contributed by atoms with Crippen molar-refractivity contribution in [2.24, 2.45) is 0 Å². The molecule has 0 amide bonds. The van der Waals surface area contributed by atoms with Crippen LogP contribution >= 0.6 is 0 Å². The number of allylic oxidation sites excluding steroid dienone is 4. The summed E-state index contributed by atoms with van der Waals surface area (Å²) >= 11 is 0. The normalized spacial score (nSPS) is 12.1. The standard InChI is InChI=1S/C62H116O6/c1-4-7-10-13-16-19-22-25-28-29-30-31-32-35-37-40-43-46-49-52-55-61(64)67-58-59(68-62(65)56-53-50-47-44-41-38-34-27-24-21-18-15-12-9-6-3)57-66-60(63)54-51-48-45-42-39-36-33-26-23-20-17-14-11-8-5-2/h18,21,27,34,59H,4-17,19-20,22-26,28-33,35-58H2,1-3H3/b21-18-,34-27-. The molecular weight excluding hydrogens is 841 g/mol. The van der Waals surface area contributed by atoms with Crippen LogP contribution in [0.15, 0.2) is 24.3 Å². The van der Waals surface area contributed by atoms with E-state index in [9.17, 15) is 14.4 Å². The molecule has 0 saturated carbocycles. The SMILES string of the molecule is CCCCC/C=C\C/C=C\CCCCCCCC(=O)OC(COC(=O)CCCCCCCCCCCCCCCCC)COC(=O)CCCCCCCCCCCCCCCCCCCCCC. The first-order chi connectivity index (χ1) is 33.5. The summed E-state index contributed by atoms with van der Waals surface area (Å²) in [5.74, 6) is -0.860. The number of ether oxygens (including phenoxy) is 3. The Morgan fingerprint density at radius 1 is 0.294 bits per heavy atom. The van der Waals surface area contributed by atoms with Crippen LogP contribution in [0.1, 0.15) is 335 Å². The van der Waals surface area contributed by atoms with E-state index in [4.69, 9.17) is 14.2 Å². The molecule has 0 bridgehead atoms. The number of hydrogen-bond donors (Lipinski definition) is 0. The second-order valence-electron chi connectivity index (χ2n) is 20.6. The van der Waals surface area contributed by atoms with Crippen molar-refractivity contribution in [3.8, 4) is 0 Å². The van der Waals surface area contributed by atoms with Crippen LogP contribution in [0.5, 0.6) is 0 Å². The summed E-state index contributed by atoms with van der Waals surface area (Å²) < 4.78 is 16.9. The fourth-order valence-electron chi connectivity index (χ4n) is 9.12. The molecule has 68 heavy (non-hydrogen) atoms. The van der Waals surface area contributed by atoms with Crippen molar-refractivity contribution in [3.63, 3.8) is 0 Å². The van der Waals surface area contributed by atoms with Gasteiger partial charge in [0.05, 0.1) is 0 Å². The van der Waals surface area contributed by atoms with Crippen LogP contribution in [0.25, 0.3) is 0 Å². The molecule has 0 spiro atoms. The lowest BCUT2D eigenvalue weighted by Gasteiger charge is -2.18. The van der Waals surface area contributed by atoms with Gasteiger partial charge in [-0.2, -0.15) is 0 Å². The third-order valence-corrected chi connectivity index (χ3v) is 13.7. The Morgan fingerprint density at radius 3 is 0.838 bits per heavy atom. The molecule has 1 atom stereocenters. The van der Waals surface area contributed by atoms with Gasteiger partial charge >= 0.3 is 17.9 Å². The Balaban J connectivity index is 4.30. The van der Waals surface area contributed by atoms with Gasteiger partial charge in [-0.05, 0) is 51.4 Å². The van der Waals surface area contributed by atoms with E-state index in [-0.39, 0.29) is 31.1 Å². The predicted molar refractivity (Wildman–Crippen MR) is 293 cm³/mol. The monoisotopic (exact) mass is 957 g/mol. The van der Waals surface area contributed by atoms with E-state index in [1.807, 2.05) is 0 Å². The molecular formula is C62H116O6. The van der Waals surface area contributed by atoms with Gasteiger partial charge in [-0.1, -0.05) is 289 Å². The second kappa shape index (κ2) is 57.5. The highest BCUT2D eigenvalue weighted by Crippen LogP contribution is 2.17. The topological polar surface area (TPSA) is 78.9 Å². The fraction of sp³-hybridized carbons (Fsp3) is 0.887. The molecule has 0 radical (unpaired) electrons. The second-order valence-corrected chi connectivity index (χ2v) is 20.6. The van der Waals surface area contributed by atoms with E-state index in [2.05, 4.69) is 45.1 Å². The third kappa shape index (κ3) is 54.8. The molecule has 400 valence electrons. The maximum Gasteiger partial charge on any atom is 0.306 e. The lowest BCUT2D eigenvalue weighted by Crippen LogP contribution is -2.30. The van der Waals surface area contributed by atoms with E-state index < -0.39 is 6.10 Å². The predicted octanol–water partition coefficient (Wildman–Crippen LogP) is 20.3. The minimum Gasteiger partial charge on any atom is -0.462 e. The number of carbonyl (C=O) groups is 3. The first kappa shape index (κ1) is 65.9. The van der Waals surface area contributed by atoms with Crippen molar-refractivity contribution in [1.29, 1.82) is 0 Å². The Labute approximate surface area is 423 Å². The first-order valence-electron chi connectivity index (χ1n) is 30.3. The highest BCUT2D eigenvalue weighted by Gasteiger charge is 2.19. The number of rotatable bonds is 56. The zero-order valence-electron chi connectivity index (χ0n) is 45.9. The Bertz CT molecular complexity index is 1100. The summed E-state index contributed by atoms with van der Waals surface area (Å²) in [5.41, 5.74) is 0. The lowest BCUT2D eigenvalue weighted by atomic mass is 10.0. The fourth-order valence-corrected chi connectivity index (χ4v) is 9.12. The molecule has 1 unspecified atom stereocenters. The smallest absolute Gasteiger partial charge is 0.306 e. The molecule has 0 aliphatic rings. The molecule has 0 N–H and O–H groups in total. The van der Waals surface area contributed by atoms with Gasteiger partial charge in [-0.15, -0.1) is 0 Å². The van der Waals surface area contributed by atoms with Crippen molar-refractivity contribution in [2.45, 2.75) is 341 Å². The third-order valence-electron chi connectivity index (χ3n) is 13.7. The summed E-state index contributed by atoms with van der Waals surface area (Å²) in [6, 6.07) is 0. The molecule has 0 aliphatic heterocycles. The van der Waals surface area contributed by atoms with Gasteiger partial charge in [0.15, 0.2) is 6.10 Å². The van der Waals surface area contributed by atoms with Crippen molar-refractivity contribution >= 4 is 17.9 Å². The summed E-state index contributed by atoms with van der Waals surface area (Å²) in [7, 11) is 0. The molecule has 0 aromatic carbocycles. The van der Waals surface area contributed by atoms with Crippen molar-refractivity contribution in [2.75, 3.05) is 13.2 Å². The van der Waals surface area contributed by atoms with Gasteiger partial charge in [-0.25, -0.2) is 0 Å². The molecule has 6 nitrogen and oxygen atoms in total. The maximum absolute atomic E-state index is 12.9. The molecule has 0 rings (SSSR count). The summed E-state index contributed by atoms with van der Waals surface area (Å²) in [6.45, 7) is 6.66.